The maximum absolute atomic E-state index is 6.07. The molecule has 3 rings (SSSR count). The van der Waals surface area contributed by atoms with E-state index in [9.17, 15) is 0 Å². The second-order valence-electron chi connectivity index (χ2n) is 6.61. The van der Waals surface area contributed by atoms with Crippen LogP contribution < -0.4 is 5.32 Å². The second-order valence-corrected chi connectivity index (χ2v) is 7.05. The molecule has 2 unspecified atom stereocenters. The third-order valence-corrected chi connectivity index (χ3v) is 4.95. The molecule has 1 heterocycles. The Balaban J connectivity index is 0.00000225. The summed E-state index contributed by atoms with van der Waals surface area (Å²) in [5.74, 6) is 1.51. The first-order valence-corrected chi connectivity index (χ1v) is 8.68. The predicted octanol–water partition coefficient (Wildman–Crippen LogP) is 4.17. The van der Waals surface area contributed by atoms with Gasteiger partial charge in [0.2, 0.25) is 0 Å². The molecule has 1 fully saturated rings. The molecule has 2 aromatic rings. The van der Waals surface area contributed by atoms with Gasteiger partial charge in [-0.25, -0.2) is 0 Å². The molecule has 136 valence electrons. The molecule has 0 amide bonds. The molecular formula is C19H26ClIN4. The van der Waals surface area contributed by atoms with Gasteiger partial charge >= 0.3 is 0 Å². The van der Waals surface area contributed by atoms with Gasteiger partial charge < -0.3 is 14.8 Å². The van der Waals surface area contributed by atoms with E-state index < -0.39 is 0 Å². The summed E-state index contributed by atoms with van der Waals surface area (Å²) in [6.45, 7) is 2.95. The van der Waals surface area contributed by atoms with Crippen molar-refractivity contribution < 1.29 is 0 Å². The highest BCUT2D eigenvalue weighted by Crippen LogP contribution is 2.42. The van der Waals surface area contributed by atoms with Crippen LogP contribution in [0.15, 0.2) is 41.5 Å². The lowest BCUT2D eigenvalue weighted by Gasteiger charge is -2.22. The number of rotatable bonds is 4. The zero-order valence-electron chi connectivity index (χ0n) is 15.2. The van der Waals surface area contributed by atoms with E-state index in [1.54, 1.807) is 0 Å². The van der Waals surface area contributed by atoms with Gasteiger partial charge in [-0.05, 0) is 30.5 Å². The van der Waals surface area contributed by atoms with E-state index in [1.165, 1.54) is 11.1 Å². The molecule has 0 bridgehead atoms. The third-order valence-electron chi connectivity index (χ3n) is 4.74. The van der Waals surface area contributed by atoms with Crippen LogP contribution in [0.5, 0.6) is 0 Å². The highest BCUT2D eigenvalue weighted by atomic mass is 127. The van der Waals surface area contributed by atoms with Crippen LogP contribution in [0.25, 0.3) is 0 Å². The first kappa shape index (κ1) is 20.1. The van der Waals surface area contributed by atoms with E-state index >= 15 is 0 Å². The molecular weight excluding hydrogens is 447 g/mol. The van der Waals surface area contributed by atoms with Crippen LogP contribution in [0.2, 0.25) is 5.02 Å². The zero-order valence-corrected chi connectivity index (χ0v) is 18.2. The minimum Gasteiger partial charge on any atom is -0.353 e. The first-order valence-electron chi connectivity index (χ1n) is 8.30. The maximum Gasteiger partial charge on any atom is 0.193 e. The Kier molecular flexibility index (Phi) is 6.79. The van der Waals surface area contributed by atoms with Gasteiger partial charge in [-0.1, -0.05) is 35.9 Å². The van der Waals surface area contributed by atoms with Gasteiger partial charge in [0.05, 0.1) is 11.6 Å². The number of benzene rings is 1. The molecule has 2 atom stereocenters. The van der Waals surface area contributed by atoms with E-state index in [0.717, 1.165) is 29.6 Å². The monoisotopic (exact) mass is 472 g/mol. The topological polar surface area (TPSA) is 32.6 Å². The predicted molar refractivity (Wildman–Crippen MR) is 116 cm³/mol. The van der Waals surface area contributed by atoms with Crippen LogP contribution in [0.3, 0.4) is 0 Å². The Morgan fingerprint density at radius 1 is 1.40 bits per heavy atom. The minimum atomic E-state index is 0. The number of hydrogen-bond acceptors (Lipinski definition) is 1. The van der Waals surface area contributed by atoms with E-state index in [2.05, 4.69) is 58.0 Å². The molecule has 1 aromatic heterocycles. The van der Waals surface area contributed by atoms with Crippen LogP contribution in [-0.4, -0.2) is 35.6 Å². The molecule has 0 saturated heterocycles. The molecule has 1 aliphatic carbocycles. The summed E-state index contributed by atoms with van der Waals surface area (Å²) in [4.78, 5) is 6.58. The Morgan fingerprint density at radius 3 is 2.72 bits per heavy atom. The summed E-state index contributed by atoms with van der Waals surface area (Å²) in [5, 5.41) is 4.37. The maximum atomic E-state index is 6.07. The van der Waals surface area contributed by atoms with Crippen molar-refractivity contribution in [3.05, 3.63) is 58.4 Å². The number of nitrogens with one attached hydrogen (secondary N) is 1. The molecule has 0 aliphatic heterocycles. The third kappa shape index (κ3) is 4.70. The van der Waals surface area contributed by atoms with E-state index in [1.807, 2.05) is 26.4 Å². The first-order chi connectivity index (χ1) is 11.5. The molecule has 0 radical (unpaired) electrons. The van der Waals surface area contributed by atoms with Gasteiger partial charge in [-0.3, -0.25) is 4.99 Å². The van der Waals surface area contributed by atoms with Crippen molar-refractivity contribution in [3.8, 4) is 0 Å². The van der Waals surface area contributed by atoms with E-state index in [4.69, 9.17) is 11.6 Å². The Labute approximate surface area is 172 Å². The lowest BCUT2D eigenvalue weighted by Crippen LogP contribution is -2.40. The van der Waals surface area contributed by atoms with Gasteiger partial charge in [0.25, 0.3) is 0 Å². The fourth-order valence-electron chi connectivity index (χ4n) is 3.25. The largest absolute Gasteiger partial charge is 0.353 e. The van der Waals surface area contributed by atoms with Crippen molar-refractivity contribution in [3.63, 3.8) is 0 Å². The number of aromatic nitrogens is 1. The summed E-state index contributed by atoms with van der Waals surface area (Å²) >= 11 is 6.07. The number of guanidine groups is 1. The van der Waals surface area contributed by atoms with E-state index in [0.29, 0.717) is 12.0 Å². The molecule has 25 heavy (non-hydrogen) atoms. The average Bonchev–Trinajstić information content (AvgIpc) is 3.23. The van der Waals surface area contributed by atoms with Crippen LogP contribution >= 0.6 is 35.6 Å². The summed E-state index contributed by atoms with van der Waals surface area (Å²) < 4.78 is 2.05. The zero-order chi connectivity index (χ0) is 17.3. The fourth-order valence-corrected chi connectivity index (χ4v) is 3.53. The highest BCUT2D eigenvalue weighted by molar-refractivity contribution is 14.0. The van der Waals surface area contributed by atoms with Gasteiger partial charge in [0.15, 0.2) is 5.96 Å². The summed E-state index contributed by atoms with van der Waals surface area (Å²) in [7, 11) is 5.91. The number of hydrogen-bond donors (Lipinski definition) is 1. The molecule has 1 aromatic carbocycles. The number of halogens is 2. The smallest absolute Gasteiger partial charge is 0.193 e. The van der Waals surface area contributed by atoms with Crippen LogP contribution in [-0.2, 0) is 13.6 Å². The SMILES string of the molecule is CN=C(NC1CC1c1ccccc1C)N(C)Cc1cc(Cl)cn1C.I. The lowest BCUT2D eigenvalue weighted by molar-refractivity contribution is 0.461. The van der Waals surface area contributed by atoms with Crippen molar-refractivity contribution in [1.29, 1.82) is 0 Å². The van der Waals surface area contributed by atoms with Crippen molar-refractivity contribution in [1.82, 2.24) is 14.8 Å². The molecule has 1 N–H and O–H groups in total. The summed E-state index contributed by atoms with van der Waals surface area (Å²) in [6.07, 6.45) is 3.09. The Bertz CT molecular complexity index is 756. The van der Waals surface area contributed by atoms with Gasteiger partial charge in [0, 0.05) is 45.0 Å². The lowest BCUT2D eigenvalue weighted by atomic mass is 10.0. The van der Waals surface area contributed by atoms with Crippen molar-refractivity contribution >= 4 is 41.5 Å². The average molecular weight is 473 g/mol. The summed E-state index contributed by atoms with van der Waals surface area (Å²) in [6, 6.07) is 11.1. The van der Waals surface area contributed by atoms with Gasteiger partial charge in [0.1, 0.15) is 0 Å². The Morgan fingerprint density at radius 2 is 2.12 bits per heavy atom. The van der Waals surface area contributed by atoms with Crippen molar-refractivity contribution in [2.24, 2.45) is 12.0 Å². The van der Waals surface area contributed by atoms with Crippen molar-refractivity contribution in [2.75, 3.05) is 14.1 Å². The Hall–Kier alpha value is -1.21. The quantitative estimate of drug-likeness (QED) is 0.412. The van der Waals surface area contributed by atoms with E-state index in [-0.39, 0.29) is 24.0 Å². The fraction of sp³-hybridized carbons (Fsp3) is 0.421. The normalized spacial score (nSPS) is 19.3. The van der Waals surface area contributed by atoms with Crippen molar-refractivity contribution in [2.45, 2.75) is 31.8 Å². The molecule has 6 heteroatoms. The molecule has 4 nitrogen and oxygen atoms in total. The minimum absolute atomic E-state index is 0. The van der Waals surface area contributed by atoms with Gasteiger partial charge in [-0.15, -0.1) is 24.0 Å². The van der Waals surface area contributed by atoms with Gasteiger partial charge in [-0.2, -0.15) is 0 Å². The second kappa shape index (κ2) is 8.45. The number of aryl methyl sites for hydroxylation is 2. The molecule has 1 saturated carbocycles. The summed E-state index contributed by atoms with van der Waals surface area (Å²) in [5.41, 5.74) is 3.98. The van der Waals surface area contributed by atoms with Crippen LogP contribution in [0.1, 0.15) is 29.2 Å². The highest BCUT2D eigenvalue weighted by Gasteiger charge is 2.40. The standard InChI is InChI=1S/C19H25ClN4.HI/c1-13-7-5-6-8-16(13)17-10-18(17)22-19(21-2)24(4)12-15-9-14(20)11-23(15)3;/h5-9,11,17-18H,10,12H2,1-4H3,(H,21,22);1H. The number of aliphatic imine (C=N–C) groups is 1. The van der Waals surface area contributed by atoms with Crippen LogP contribution in [0, 0.1) is 6.92 Å². The molecule has 1 aliphatic rings. The number of nitrogens with zero attached hydrogens (tertiary/aromatic N) is 3. The van der Waals surface area contributed by atoms with Crippen LogP contribution in [0.4, 0.5) is 0 Å². The molecule has 0 spiro atoms.